The molecule has 2 rings (SSSR count). The van der Waals surface area contributed by atoms with Crippen LogP contribution in [0, 0.1) is 12.7 Å². The first-order valence-corrected chi connectivity index (χ1v) is 6.55. The van der Waals surface area contributed by atoms with Gasteiger partial charge in [0, 0.05) is 15.5 Å². The van der Waals surface area contributed by atoms with Gasteiger partial charge in [-0.1, -0.05) is 11.6 Å². The van der Waals surface area contributed by atoms with Crippen LogP contribution in [-0.4, -0.2) is 7.05 Å². The molecule has 0 saturated carbocycles. The monoisotopic (exact) mass is 269 g/mol. The number of nitrogens with one attached hydrogen (secondary N) is 1. The summed E-state index contributed by atoms with van der Waals surface area (Å²) >= 11 is 7.58. The Balaban J connectivity index is 2.49. The molecule has 0 radical (unpaired) electrons. The average Bonchev–Trinajstić information content (AvgIpc) is 2.71. The fraction of sp³-hybridized carbons (Fsp3) is 0.231. The number of thiophene rings is 1. The molecule has 0 fully saturated rings. The molecule has 2 aromatic rings. The van der Waals surface area contributed by atoms with Crippen LogP contribution in [0.3, 0.4) is 0 Å². The lowest BCUT2D eigenvalue weighted by atomic mass is 9.99. The maximum atomic E-state index is 13.8. The first-order valence-electron chi connectivity index (χ1n) is 5.29. The number of hydrogen-bond donors (Lipinski definition) is 1. The largest absolute Gasteiger partial charge is 0.309 e. The van der Waals surface area contributed by atoms with Gasteiger partial charge in [0.2, 0.25) is 0 Å². The molecule has 1 heterocycles. The van der Waals surface area contributed by atoms with Gasteiger partial charge in [-0.05, 0) is 49.2 Å². The van der Waals surface area contributed by atoms with Crippen molar-refractivity contribution in [2.45, 2.75) is 13.0 Å². The summed E-state index contributed by atoms with van der Waals surface area (Å²) in [5.41, 5.74) is 1.68. The maximum Gasteiger partial charge on any atom is 0.128 e. The van der Waals surface area contributed by atoms with E-state index in [1.165, 1.54) is 10.9 Å². The minimum atomic E-state index is -0.237. The van der Waals surface area contributed by atoms with Gasteiger partial charge >= 0.3 is 0 Å². The fourth-order valence-corrected chi connectivity index (χ4v) is 2.83. The van der Waals surface area contributed by atoms with Crippen LogP contribution in [-0.2, 0) is 0 Å². The molecule has 1 N–H and O–H groups in total. The van der Waals surface area contributed by atoms with Crippen LogP contribution in [0.2, 0.25) is 5.02 Å². The Labute approximate surface area is 109 Å². The lowest BCUT2D eigenvalue weighted by Crippen LogP contribution is -2.19. The van der Waals surface area contributed by atoms with E-state index in [1.54, 1.807) is 23.5 Å². The summed E-state index contributed by atoms with van der Waals surface area (Å²) in [6, 6.07) is 6.51. The highest BCUT2D eigenvalue weighted by Crippen LogP contribution is 2.30. The van der Waals surface area contributed by atoms with Crippen molar-refractivity contribution in [3.8, 4) is 0 Å². The third-order valence-electron chi connectivity index (χ3n) is 2.77. The predicted octanol–water partition coefficient (Wildman–Crippen LogP) is 4.16. The van der Waals surface area contributed by atoms with Crippen LogP contribution in [0.15, 0.2) is 29.6 Å². The molecule has 1 aromatic heterocycles. The van der Waals surface area contributed by atoms with E-state index in [1.807, 2.05) is 25.4 Å². The van der Waals surface area contributed by atoms with Gasteiger partial charge in [0.05, 0.1) is 6.04 Å². The topological polar surface area (TPSA) is 12.0 Å². The van der Waals surface area contributed by atoms with Gasteiger partial charge in [-0.3, -0.25) is 0 Å². The van der Waals surface area contributed by atoms with Crippen molar-refractivity contribution in [2.75, 3.05) is 7.05 Å². The highest BCUT2D eigenvalue weighted by atomic mass is 35.5. The van der Waals surface area contributed by atoms with Crippen molar-refractivity contribution in [1.29, 1.82) is 0 Å². The molecule has 0 spiro atoms. The molecule has 0 aliphatic rings. The predicted molar refractivity (Wildman–Crippen MR) is 71.4 cm³/mol. The molecule has 0 aliphatic heterocycles. The van der Waals surface area contributed by atoms with Crippen molar-refractivity contribution in [3.05, 3.63) is 56.5 Å². The summed E-state index contributed by atoms with van der Waals surface area (Å²) in [6.07, 6.45) is 0. The summed E-state index contributed by atoms with van der Waals surface area (Å²) in [4.78, 5) is 1.18. The van der Waals surface area contributed by atoms with Crippen LogP contribution in [0.1, 0.15) is 22.0 Å². The van der Waals surface area contributed by atoms with Gasteiger partial charge in [0.15, 0.2) is 0 Å². The zero-order valence-corrected chi connectivity index (χ0v) is 11.2. The number of aryl methyl sites for hydroxylation is 1. The molecule has 1 unspecified atom stereocenters. The van der Waals surface area contributed by atoms with Crippen LogP contribution >= 0.6 is 22.9 Å². The Morgan fingerprint density at radius 1 is 1.29 bits per heavy atom. The van der Waals surface area contributed by atoms with E-state index in [2.05, 4.69) is 5.32 Å². The van der Waals surface area contributed by atoms with Gasteiger partial charge in [-0.2, -0.15) is 0 Å². The summed E-state index contributed by atoms with van der Waals surface area (Å²) in [5, 5.41) is 5.70. The molecular weight excluding hydrogens is 257 g/mol. The standard InChI is InChI=1S/C13H13ClFNS/c1-8-10(5-6-17-8)13(16-2)11-7-9(14)3-4-12(11)15/h3-7,13,16H,1-2H3. The van der Waals surface area contributed by atoms with Crippen LogP contribution in [0.25, 0.3) is 0 Å². The molecule has 0 aliphatic carbocycles. The molecule has 17 heavy (non-hydrogen) atoms. The van der Waals surface area contributed by atoms with Crippen LogP contribution < -0.4 is 5.32 Å². The Bertz CT molecular complexity index is 524. The third-order valence-corrected chi connectivity index (χ3v) is 3.86. The van der Waals surface area contributed by atoms with Gasteiger partial charge in [-0.25, -0.2) is 4.39 Å². The summed E-state index contributed by atoms with van der Waals surface area (Å²) in [5.74, 6) is -0.237. The van der Waals surface area contributed by atoms with Gasteiger partial charge in [0.1, 0.15) is 5.82 Å². The molecule has 4 heteroatoms. The lowest BCUT2D eigenvalue weighted by Gasteiger charge is -2.17. The second-order valence-electron chi connectivity index (χ2n) is 3.82. The fourth-order valence-electron chi connectivity index (χ4n) is 1.91. The van der Waals surface area contributed by atoms with Crippen molar-refractivity contribution in [1.82, 2.24) is 5.32 Å². The Morgan fingerprint density at radius 3 is 2.65 bits per heavy atom. The summed E-state index contributed by atoms with van der Waals surface area (Å²) < 4.78 is 13.8. The normalized spacial score (nSPS) is 12.7. The average molecular weight is 270 g/mol. The number of halogens is 2. The van der Waals surface area contributed by atoms with E-state index in [0.717, 1.165) is 5.56 Å². The smallest absolute Gasteiger partial charge is 0.128 e. The summed E-state index contributed by atoms with van der Waals surface area (Å²) in [7, 11) is 1.82. The minimum absolute atomic E-state index is 0.153. The minimum Gasteiger partial charge on any atom is -0.309 e. The Morgan fingerprint density at radius 2 is 2.06 bits per heavy atom. The third kappa shape index (κ3) is 2.51. The lowest BCUT2D eigenvalue weighted by molar-refractivity contribution is 0.576. The molecule has 1 atom stereocenters. The van der Waals surface area contributed by atoms with Crippen molar-refractivity contribution < 1.29 is 4.39 Å². The van der Waals surface area contributed by atoms with Crippen LogP contribution in [0.4, 0.5) is 4.39 Å². The van der Waals surface area contributed by atoms with Gasteiger partial charge < -0.3 is 5.32 Å². The van der Waals surface area contributed by atoms with Crippen molar-refractivity contribution in [3.63, 3.8) is 0 Å². The zero-order valence-electron chi connectivity index (χ0n) is 9.63. The quantitative estimate of drug-likeness (QED) is 0.882. The van der Waals surface area contributed by atoms with Crippen LogP contribution in [0.5, 0.6) is 0 Å². The van der Waals surface area contributed by atoms with Gasteiger partial charge in [-0.15, -0.1) is 11.3 Å². The van der Waals surface area contributed by atoms with E-state index in [0.29, 0.717) is 10.6 Å². The zero-order chi connectivity index (χ0) is 12.4. The molecular formula is C13H13ClFNS. The Hall–Kier alpha value is -0.900. The highest BCUT2D eigenvalue weighted by Gasteiger charge is 2.18. The molecule has 1 aromatic carbocycles. The summed E-state index contributed by atoms with van der Waals surface area (Å²) in [6.45, 7) is 2.03. The van der Waals surface area contributed by atoms with E-state index < -0.39 is 0 Å². The second kappa shape index (κ2) is 5.17. The molecule has 0 amide bonds. The maximum absolute atomic E-state index is 13.8. The highest BCUT2D eigenvalue weighted by molar-refractivity contribution is 7.10. The molecule has 0 saturated heterocycles. The van der Waals surface area contributed by atoms with Crippen molar-refractivity contribution >= 4 is 22.9 Å². The van der Waals surface area contributed by atoms with E-state index in [-0.39, 0.29) is 11.9 Å². The number of hydrogen-bond acceptors (Lipinski definition) is 2. The molecule has 0 bridgehead atoms. The number of rotatable bonds is 3. The van der Waals surface area contributed by atoms with Crippen molar-refractivity contribution in [2.24, 2.45) is 0 Å². The molecule has 1 nitrogen and oxygen atoms in total. The SMILES string of the molecule is CNC(c1cc(Cl)ccc1F)c1ccsc1C. The van der Waals surface area contributed by atoms with Gasteiger partial charge in [0.25, 0.3) is 0 Å². The van der Waals surface area contributed by atoms with E-state index >= 15 is 0 Å². The van der Waals surface area contributed by atoms with E-state index in [4.69, 9.17) is 11.6 Å². The first kappa shape index (κ1) is 12.6. The Kier molecular flexibility index (Phi) is 3.82. The molecule has 90 valence electrons. The first-order chi connectivity index (χ1) is 8.13. The second-order valence-corrected chi connectivity index (χ2v) is 5.38. The van der Waals surface area contributed by atoms with E-state index in [9.17, 15) is 4.39 Å². The number of benzene rings is 1.